The van der Waals surface area contributed by atoms with Crippen molar-refractivity contribution in [1.29, 1.82) is 0 Å². The third kappa shape index (κ3) is 4.59. The van der Waals surface area contributed by atoms with Crippen LogP contribution in [0.2, 0.25) is 0 Å². The molecule has 1 fully saturated rings. The molecule has 0 radical (unpaired) electrons. The zero-order chi connectivity index (χ0) is 17.6. The Morgan fingerprint density at radius 2 is 2.08 bits per heavy atom. The van der Waals surface area contributed by atoms with Gasteiger partial charge in [-0.25, -0.2) is 9.48 Å². The lowest BCUT2D eigenvalue weighted by atomic mass is 10.1. The molecule has 1 aliphatic rings. The molecule has 0 spiro atoms. The summed E-state index contributed by atoms with van der Waals surface area (Å²) in [6.45, 7) is 3.19. The Morgan fingerprint density at radius 1 is 1.28 bits per heavy atom. The largest absolute Gasteiger partial charge is 0.352 e. The summed E-state index contributed by atoms with van der Waals surface area (Å²) in [6, 6.07) is 9.76. The number of nitrogens with one attached hydrogen (secondary N) is 2. The van der Waals surface area contributed by atoms with Gasteiger partial charge in [0.05, 0.1) is 11.9 Å². The second-order valence-corrected chi connectivity index (χ2v) is 6.27. The first-order valence-corrected chi connectivity index (χ1v) is 8.50. The zero-order valence-corrected chi connectivity index (χ0v) is 14.3. The van der Waals surface area contributed by atoms with Gasteiger partial charge >= 0.3 is 6.03 Å². The van der Waals surface area contributed by atoms with Gasteiger partial charge in [0.2, 0.25) is 5.91 Å². The van der Waals surface area contributed by atoms with Gasteiger partial charge in [-0.05, 0) is 25.0 Å². The van der Waals surface area contributed by atoms with Crippen LogP contribution in [0.3, 0.4) is 0 Å². The maximum Gasteiger partial charge on any atom is 0.317 e. The standard InChI is InChI=1S/C18H23N5O2/c1-14(24)21-16-6-5-9-22(13-16)18(25)19-10-15-11-20-23(12-15)17-7-3-2-4-8-17/h2-4,7-8,11-12,16H,5-6,9-10,13H2,1H3,(H,19,25)(H,21,24)/t16-/m1/s1. The summed E-state index contributed by atoms with van der Waals surface area (Å²) in [5, 5.41) is 10.1. The molecule has 0 saturated carbocycles. The minimum absolute atomic E-state index is 0.0397. The molecule has 1 aromatic heterocycles. The van der Waals surface area contributed by atoms with Gasteiger partial charge in [-0.15, -0.1) is 0 Å². The maximum absolute atomic E-state index is 12.4. The number of nitrogens with zero attached hydrogens (tertiary/aromatic N) is 3. The Balaban J connectivity index is 1.52. The summed E-state index contributed by atoms with van der Waals surface area (Å²) >= 11 is 0. The van der Waals surface area contributed by atoms with Crippen LogP contribution in [0, 0.1) is 0 Å². The summed E-state index contributed by atoms with van der Waals surface area (Å²) in [7, 11) is 0. The number of benzene rings is 1. The third-order valence-corrected chi connectivity index (χ3v) is 4.22. The lowest BCUT2D eigenvalue weighted by Gasteiger charge is -2.32. The number of rotatable bonds is 4. The van der Waals surface area contributed by atoms with Crippen molar-refractivity contribution in [1.82, 2.24) is 25.3 Å². The number of amides is 3. The van der Waals surface area contributed by atoms with Crippen LogP contribution in [0.15, 0.2) is 42.7 Å². The van der Waals surface area contributed by atoms with Gasteiger partial charge in [-0.2, -0.15) is 5.10 Å². The highest BCUT2D eigenvalue weighted by Gasteiger charge is 2.23. The molecular formula is C18H23N5O2. The van der Waals surface area contributed by atoms with E-state index in [9.17, 15) is 9.59 Å². The quantitative estimate of drug-likeness (QED) is 0.888. The van der Waals surface area contributed by atoms with E-state index in [0.29, 0.717) is 19.6 Å². The number of carbonyl (C=O) groups excluding carboxylic acids is 2. The molecule has 1 atom stereocenters. The van der Waals surface area contributed by atoms with Crippen LogP contribution < -0.4 is 10.6 Å². The highest BCUT2D eigenvalue weighted by molar-refractivity contribution is 5.75. The first-order valence-electron chi connectivity index (χ1n) is 8.50. The van der Waals surface area contributed by atoms with Crippen molar-refractivity contribution < 1.29 is 9.59 Å². The minimum Gasteiger partial charge on any atom is -0.352 e. The van der Waals surface area contributed by atoms with Crippen LogP contribution in [-0.2, 0) is 11.3 Å². The maximum atomic E-state index is 12.4. The molecule has 3 amide bonds. The fraction of sp³-hybridized carbons (Fsp3) is 0.389. The molecule has 3 rings (SSSR count). The van der Waals surface area contributed by atoms with Crippen LogP contribution in [0.1, 0.15) is 25.3 Å². The summed E-state index contributed by atoms with van der Waals surface area (Å²) in [5.74, 6) is -0.0550. The molecule has 0 bridgehead atoms. The number of likely N-dealkylation sites (tertiary alicyclic amines) is 1. The van der Waals surface area contributed by atoms with Gasteiger partial charge in [0.25, 0.3) is 0 Å². The van der Waals surface area contributed by atoms with E-state index in [0.717, 1.165) is 24.1 Å². The van der Waals surface area contributed by atoms with Crippen molar-refractivity contribution >= 4 is 11.9 Å². The molecule has 2 N–H and O–H groups in total. The second kappa shape index (κ2) is 7.83. The van der Waals surface area contributed by atoms with E-state index >= 15 is 0 Å². The number of para-hydroxylation sites is 1. The molecule has 7 nitrogen and oxygen atoms in total. The molecule has 25 heavy (non-hydrogen) atoms. The van der Waals surface area contributed by atoms with Crippen LogP contribution in [0.25, 0.3) is 5.69 Å². The van der Waals surface area contributed by atoms with Crippen molar-refractivity contribution in [3.05, 3.63) is 48.3 Å². The highest BCUT2D eigenvalue weighted by Crippen LogP contribution is 2.11. The lowest BCUT2D eigenvalue weighted by molar-refractivity contribution is -0.119. The van der Waals surface area contributed by atoms with Gasteiger partial charge < -0.3 is 15.5 Å². The molecule has 1 aliphatic heterocycles. The number of hydrogen-bond acceptors (Lipinski definition) is 3. The lowest BCUT2D eigenvalue weighted by Crippen LogP contribution is -2.51. The topological polar surface area (TPSA) is 79.3 Å². The van der Waals surface area contributed by atoms with E-state index in [1.54, 1.807) is 15.8 Å². The molecular weight excluding hydrogens is 318 g/mol. The SMILES string of the molecule is CC(=O)N[C@@H]1CCCN(C(=O)NCc2cnn(-c3ccccc3)c2)C1. The smallest absolute Gasteiger partial charge is 0.317 e. The molecule has 7 heteroatoms. The third-order valence-electron chi connectivity index (χ3n) is 4.22. The molecule has 132 valence electrons. The van der Waals surface area contributed by atoms with Gasteiger partial charge in [0.1, 0.15) is 0 Å². The summed E-state index contributed by atoms with van der Waals surface area (Å²) in [6.07, 6.45) is 5.47. The van der Waals surface area contributed by atoms with E-state index in [1.165, 1.54) is 6.92 Å². The van der Waals surface area contributed by atoms with Gasteiger partial charge in [-0.1, -0.05) is 18.2 Å². The van der Waals surface area contributed by atoms with Crippen LogP contribution >= 0.6 is 0 Å². The Hall–Kier alpha value is -2.83. The average Bonchev–Trinajstić information content (AvgIpc) is 3.09. The van der Waals surface area contributed by atoms with Crippen LogP contribution in [-0.4, -0.2) is 45.8 Å². The predicted octanol–water partition coefficient (Wildman–Crippen LogP) is 1.68. The van der Waals surface area contributed by atoms with Gasteiger partial charge in [0.15, 0.2) is 0 Å². The molecule has 2 heterocycles. The van der Waals surface area contributed by atoms with Crippen molar-refractivity contribution in [3.63, 3.8) is 0 Å². The Kier molecular flexibility index (Phi) is 5.33. The van der Waals surface area contributed by atoms with Gasteiger partial charge in [-0.3, -0.25) is 4.79 Å². The van der Waals surface area contributed by atoms with E-state index in [2.05, 4.69) is 15.7 Å². The van der Waals surface area contributed by atoms with Gasteiger partial charge in [0, 0.05) is 44.4 Å². The molecule has 0 unspecified atom stereocenters. The van der Waals surface area contributed by atoms with E-state index in [-0.39, 0.29) is 18.0 Å². The second-order valence-electron chi connectivity index (χ2n) is 6.27. The number of aromatic nitrogens is 2. The summed E-state index contributed by atoms with van der Waals surface area (Å²) in [4.78, 5) is 25.3. The molecule has 2 aromatic rings. The van der Waals surface area contributed by atoms with E-state index < -0.39 is 0 Å². The molecule has 0 aliphatic carbocycles. The van der Waals surface area contributed by atoms with Crippen LogP contribution in [0.5, 0.6) is 0 Å². The number of carbonyl (C=O) groups is 2. The monoisotopic (exact) mass is 341 g/mol. The fourth-order valence-corrected chi connectivity index (χ4v) is 3.03. The van der Waals surface area contributed by atoms with Crippen molar-refractivity contribution in [2.75, 3.05) is 13.1 Å². The van der Waals surface area contributed by atoms with Crippen LogP contribution in [0.4, 0.5) is 4.79 Å². The first kappa shape index (κ1) is 17.0. The normalized spacial score (nSPS) is 17.2. The number of piperidine rings is 1. The predicted molar refractivity (Wildman–Crippen MR) is 94.2 cm³/mol. The van der Waals surface area contributed by atoms with Crippen molar-refractivity contribution in [3.8, 4) is 5.69 Å². The highest BCUT2D eigenvalue weighted by atomic mass is 16.2. The van der Waals surface area contributed by atoms with E-state index in [1.807, 2.05) is 36.5 Å². The zero-order valence-electron chi connectivity index (χ0n) is 14.3. The summed E-state index contributed by atoms with van der Waals surface area (Å²) < 4.78 is 1.79. The Bertz CT molecular complexity index is 728. The van der Waals surface area contributed by atoms with E-state index in [4.69, 9.17) is 0 Å². The first-order chi connectivity index (χ1) is 12.1. The minimum atomic E-state index is -0.109. The Labute approximate surface area is 147 Å². The average molecular weight is 341 g/mol. The fourth-order valence-electron chi connectivity index (χ4n) is 3.03. The molecule has 1 saturated heterocycles. The number of urea groups is 1. The van der Waals surface area contributed by atoms with Crippen molar-refractivity contribution in [2.24, 2.45) is 0 Å². The Morgan fingerprint density at radius 3 is 2.84 bits per heavy atom. The molecule has 1 aromatic carbocycles. The summed E-state index contributed by atoms with van der Waals surface area (Å²) in [5.41, 5.74) is 1.92. The number of hydrogen-bond donors (Lipinski definition) is 2. The van der Waals surface area contributed by atoms with Crippen molar-refractivity contribution in [2.45, 2.75) is 32.4 Å².